The standard InChI is InChI=1S/C13H19N3O3S/c17-12(18)10-6-5-9(19-10)8-20-13-15-14-11-4-2-1-3-7-16(11)13/h9-10H,1-8H2,(H,17,18). The van der Waals surface area contributed by atoms with Gasteiger partial charge in [0.2, 0.25) is 0 Å². The summed E-state index contributed by atoms with van der Waals surface area (Å²) in [5.74, 6) is 0.983. The minimum absolute atomic E-state index is 0.0137. The van der Waals surface area contributed by atoms with Crippen LogP contribution < -0.4 is 0 Å². The van der Waals surface area contributed by atoms with Crippen molar-refractivity contribution in [1.29, 1.82) is 0 Å². The Kier molecular flexibility index (Phi) is 4.26. The van der Waals surface area contributed by atoms with Crippen LogP contribution in [0.1, 0.15) is 37.9 Å². The zero-order valence-electron chi connectivity index (χ0n) is 11.3. The number of carboxylic acids is 1. The summed E-state index contributed by atoms with van der Waals surface area (Å²) in [6.45, 7) is 0.994. The van der Waals surface area contributed by atoms with Crippen molar-refractivity contribution < 1.29 is 14.6 Å². The molecule has 0 aromatic carbocycles. The molecule has 3 heterocycles. The maximum absolute atomic E-state index is 10.9. The molecule has 0 saturated carbocycles. The summed E-state index contributed by atoms with van der Waals surface area (Å²) >= 11 is 1.63. The van der Waals surface area contributed by atoms with E-state index in [9.17, 15) is 4.79 Å². The Morgan fingerprint density at radius 2 is 2.25 bits per heavy atom. The summed E-state index contributed by atoms with van der Waals surface area (Å²) in [6, 6.07) is 0. The van der Waals surface area contributed by atoms with Crippen LogP contribution in [0.15, 0.2) is 5.16 Å². The molecule has 2 aliphatic rings. The van der Waals surface area contributed by atoms with Gasteiger partial charge in [-0.25, -0.2) is 4.79 Å². The normalized spacial score (nSPS) is 26.2. The molecule has 0 bridgehead atoms. The Balaban J connectivity index is 1.57. The molecule has 0 radical (unpaired) electrons. The monoisotopic (exact) mass is 297 g/mol. The number of hydrogen-bond acceptors (Lipinski definition) is 5. The summed E-state index contributed by atoms with van der Waals surface area (Å²) in [7, 11) is 0. The van der Waals surface area contributed by atoms with E-state index < -0.39 is 12.1 Å². The van der Waals surface area contributed by atoms with Gasteiger partial charge in [0, 0.05) is 18.7 Å². The minimum Gasteiger partial charge on any atom is -0.479 e. The van der Waals surface area contributed by atoms with E-state index in [-0.39, 0.29) is 6.10 Å². The Morgan fingerprint density at radius 1 is 1.35 bits per heavy atom. The van der Waals surface area contributed by atoms with Gasteiger partial charge in [-0.2, -0.15) is 0 Å². The third kappa shape index (κ3) is 2.98. The fourth-order valence-corrected chi connectivity index (χ4v) is 3.77. The van der Waals surface area contributed by atoms with Crippen LogP contribution in [-0.4, -0.2) is 43.8 Å². The highest BCUT2D eigenvalue weighted by Gasteiger charge is 2.30. The van der Waals surface area contributed by atoms with Gasteiger partial charge in [0.25, 0.3) is 0 Å². The molecule has 20 heavy (non-hydrogen) atoms. The zero-order chi connectivity index (χ0) is 13.9. The first kappa shape index (κ1) is 13.9. The average Bonchev–Trinajstić information content (AvgIpc) is 2.98. The van der Waals surface area contributed by atoms with Gasteiger partial charge in [-0.05, 0) is 25.7 Å². The van der Waals surface area contributed by atoms with Crippen molar-refractivity contribution in [1.82, 2.24) is 14.8 Å². The number of carbonyl (C=O) groups is 1. The highest BCUT2D eigenvalue weighted by molar-refractivity contribution is 7.99. The lowest BCUT2D eigenvalue weighted by Gasteiger charge is -2.11. The van der Waals surface area contributed by atoms with Crippen LogP contribution in [0.2, 0.25) is 0 Å². The number of thioether (sulfide) groups is 1. The molecule has 1 aromatic rings. The minimum atomic E-state index is -0.853. The molecule has 1 aromatic heterocycles. The second-order valence-corrected chi connectivity index (χ2v) is 6.32. The third-order valence-electron chi connectivity index (χ3n) is 3.86. The van der Waals surface area contributed by atoms with Gasteiger partial charge in [0.1, 0.15) is 5.82 Å². The molecule has 2 aliphatic heterocycles. The van der Waals surface area contributed by atoms with E-state index in [1.807, 2.05) is 0 Å². The first-order valence-electron chi connectivity index (χ1n) is 7.17. The number of hydrogen-bond donors (Lipinski definition) is 1. The maximum atomic E-state index is 10.9. The predicted molar refractivity (Wildman–Crippen MR) is 73.8 cm³/mol. The molecule has 0 spiro atoms. The number of fused-ring (bicyclic) bond motifs is 1. The SMILES string of the molecule is O=C(O)C1CCC(CSc2nnc3n2CCCCC3)O1. The molecule has 2 unspecified atom stereocenters. The van der Waals surface area contributed by atoms with Gasteiger partial charge < -0.3 is 14.4 Å². The first-order chi connectivity index (χ1) is 9.74. The fourth-order valence-electron chi connectivity index (χ4n) is 2.74. The number of carboxylic acid groups (broad SMARTS) is 1. The van der Waals surface area contributed by atoms with Gasteiger partial charge >= 0.3 is 5.97 Å². The van der Waals surface area contributed by atoms with Gasteiger partial charge in [0.05, 0.1) is 6.10 Å². The molecule has 3 rings (SSSR count). The Labute approximate surface area is 121 Å². The molecule has 0 aliphatic carbocycles. The number of aliphatic carboxylic acids is 1. The van der Waals surface area contributed by atoms with Crippen molar-refractivity contribution in [3.8, 4) is 0 Å². The second kappa shape index (κ2) is 6.13. The smallest absolute Gasteiger partial charge is 0.332 e. The van der Waals surface area contributed by atoms with E-state index in [1.165, 1.54) is 19.3 Å². The van der Waals surface area contributed by atoms with E-state index in [4.69, 9.17) is 9.84 Å². The van der Waals surface area contributed by atoms with Gasteiger partial charge in [-0.15, -0.1) is 10.2 Å². The molecule has 1 fully saturated rings. The van der Waals surface area contributed by atoms with Gasteiger partial charge in [-0.1, -0.05) is 18.2 Å². The topological polar surface area (TPSA) is 77.2 Å². The molecule has 1 saturated heterocycles. The van der Waals surface area contributed by atoms with E-state index in [2.05, 4.69) is 14.8 Å². The van der Waals surface area contributed by atoms with Crippen molar-refractivity contribution in [2.24, 2.45) is 0 Å². The maximum Gasteiger partial charge on any atom is 0.332 e. The van der Waals surface area contributed by atoms with Crippen LogP contribution in [0.5, 0.6) is 0 Å². The number of aromatic nitrogens is 3. The van der Waals surface area contributed by atoms with E-state index in [0.717, 1.165) is 36.1 Å². The van der Waals surface area contributed by atoms with Crippen LogP contribution in [0.3, 0.4) is 0 Å². The van der Waals surface area contributed by atoms with Crippen LogP contribution >= 0.6 is 11.8 Å². The lowest BCUT2D eigenvalue weighted by Crippen LogP contribution is -2.21. The number of aryl methyl sites for hydroxylation is 1. The molecular formula is C13H19N3O3S. The van der Waals surface area contributed by atoms with Crippen LogP contribution in [0, 0.1) is 0 Å². The van der Waals surface area contributed by atoms with Crippen LogP contribution in [-0.2, 0) is 22.5 Å². The average molecular weight is 297 g/mol. The summed E-state index contributed by atoms with van der Waals surface area (Å²) in [5.41, 5.74) is 0. The number of nitrogens with zero attached hydrogens (tertiary/aromatic N) is 3. The van der Waals surface area contributed by atoms with Crippen molar-refractivity contribution in [2.75, 3.05) is 5.75 Å². The largest absolute Gasteiger partial charge is 0.479 e. The highest BCUT2D eigenvalue weighted by atomic mass is 32.2. The number of ether oxygens (including phenoxy) is 1. The van der Waals surface area contributed by atoms with Crippen molar-refractivity contribution in [2.45, 2.75) is 62.4 Å². The van der Waals surface area contributed by atoms with E-state index >= 15 is 0 Å². The molecule has 0 amide bonds. The first-order valence-corrected chi connectivity index (χ1v) is 8.16. The molecule has 110 valence electrons. The lowest BCUT2D eigenvalue weighted by atomic mass is 10.2. The summed E-state index contributed by atoms with van der Waals surface area (Å²) in [4.78, 5) is 10.9. The van der Waals surface area contributed by atoms with Gasteiger partial charge in [0.15, 0.2) is 11.3 Å². The lowest BCUT2D eigenvalue weighted by molar-refractivity contribution is -0.148. The molecular weight excluding hydrogens is 278 g/mol. The Bertz CT molecular complexity index is 491. The molecule has 7 heteroatoms. The Morgan fingerprint density at radius 3 is 3.05 bits per heavy atom. The van der Waals surface area contributed by atoms with Crippen LogP contribution in [0.25, 0.3) is 0 Å². The van der Waals surface area contributed by atoms with Gasteiger partial charge in [-0.3, -0.25) is 0 Å². The summed E-state index contributed by atoms with van der Waals surface area (Å²) in [5, 5.41) is 18.4. The Hall–Kier alpha value is -1.08. The van der Waals surface area contributed by atoms with Crippen molar-refractivity contribution >= 4 is 17.7 Å². The number of rotatable bonds is 4. The van der Waals surface area contributed by atoms with E-state index in [1.54, 1.807) is 11.8 Å². The van der Waals surface area contributed by atoms with Crippen LogP contribution in [0.4, 0.5) is 0 Å². The van der Waals surface area contributed by atoms with Crippen molar-refractivity contribution in [3.05, 3.63) is 5.82 Å². The predicted octanol–water partition coefficient (Wildman–Crippen LogP) is 1.73. The third-order valence-corrected chi connectivity index (χ3v) is 4.96. The zero-order valence-corrected chi connectivity index (χ0v) is 12.1. The fraction of sp³-hybridized carbons (Fsp3) is 0.769. The molecule has 1 N–H and O–H groups in total. The molecule has 2 atom stereocenters. The highest BCUT2D eigenvalue weighted by Crippen LogP contribution is 2.27. The summed E-state index contributed by atoms with van der Waals surface area (Å²) in [6.07, 6.45) is 5.43. The van der Waals surface area contributed by atoms with Crippen molar-refractivity contribution in [3.63, 3.8) is 0 Å². The van der Waals surface area contributed by atoms with E-state index in [0.29, 0.717) is 6.42 Å². The second-order valence-electron chi connectivity index (χ2n) is 5.33. The quantitative estimate of drug-likeness (QED) is 0.853. The molecule has 6 nitrogen and oxygen atoms in total. The summed E-state index contributed by atoms with van der Waals surface area (Å²) < 4.78 is 7.72.